The van der Waals surface area contributed by atoms with E-state index in [0.29, 0.717) is 17.9 Å². The van der Waals surface area contributed by atoms with Crippen LogP contribution < -0.4 is 10.1 Å². The van der Waals surface area contributed by atoms with E-state index in [1.807, 2.05) is 27.0 Å². The highest BCUT2D eigenvalue weighted by Crippen LogP contribution is 2.37. The Labute approximate surface area is 128 Å². The molecule has 0 amide bonds. The van der Waals surface area contributed by atoms with E-state index in [2.05, 4.69) is 5.32 Å². The zero-order valence-electron chi connectivity index (χ0n) is 12.8. The predicted molar refractivity (Wildman–Crippen MR) is 81.9 cm³/mol. The first-order valence-corrected chi connectivity index (χ1v) is 8.10. The number of hydrogen-bond acceptors (Lipinski definition) is 3. The van der Waals surface area contributed by atoms with E-state index in [1.165, 1.54) is 17.8 Å². The number of hydrogen-bond donors (Lipinski definition) is 1. The van der Waals surface area contributed by atoms with Crippen LogP contribution in [0.25, 0.3) is 0 Å². The second-order valence-electron chi connectivity index (χ2n) is 5.77. The predicted octanol–water partition coefficient (Wildman–Crippen LogP) is 4.34. The molecule has 120 valence electrons. The molecule has 0 aromatic heterocycles. The molecule has 6 heteroatoms. The lowest BCUT2D eigenvalue weighted by Gasteiger charge is -2.21. The van der Waals surface area contributed by atoms with E-state index in [9.17, 15) is 13.2 Å². The molecule has 1 N–H and O–H groups in total. The third-order valence-corrected chi connectivity index (χ3v) is 3.29. The van der Waals surface area contributed by atoms with Gasteiger partial charge in [-0.3, -0.25) is 0 Å². The molecule has 1 rings (SSSR count). The largest absolute Gasteiger partial charge is 0.492 e. The Morgan fingerprint density at radius 3 is 2.38 bits per heavy atom. The molecule has 0 radical (unpaired) electrons. The summed E-state index contributed by atoms with van der Waals surface area (Å²) in [5.74, 6) is 0.556. The molecule has 0 aliphatic heterocycles. The van der Waals surface area contributed by atoms with Crippen LogP contribution in [0.5, 0.6) is 5.75 Å². The van der Waals surface area contributed by atoms with Crippen molar-refractivity contribution in [1.29, 1.82) is 0 Å². The fourth-order valence-corrected chi connectivity index (χ4v) is 1.89. The fourth-order valence-electron chi connectivity index (χ4n) is 1.64. The van der Waals surface area contributed by atoms with Gasteiger partial charge in [-0.05, 0) is 44.7 Å². The smallest absolute Gasteiger partial charge is 0.419 e. The summed E-state index contributed by atoms with van der Waals surface area (Å²) in [5.41, 5.74) is -0.266. The van der Waals surface area contributed by atoms with Crippen LogP contribution in [0.15, 0.2) is 18.2 Å². The topological polar surface area (TPSA) is 21.3 Å². The van der Waals surface area contributed by atoms with Crippen molar-refractivity contribution in [1.82, 2.24) is 5.32 Å². The zero-order chi connectivity index (χ0) is 16.1. The van der Waals surface area contributed by atoms with Gasteiger partial charge in [-0.2, -0.15) is 24.9 Å². The van der Waals surface area contributed by atoms with E-state index < -0.39 is 11.7 Å². The number of thioether (sulfide) groups is 1. The molecule has 1 aromatic rings. The molecule has 0 aliphatic rings. The Morgan fingerprint density at radius 2 is 1.86 bits per heavy atom. The van der Waals surface area contributed by atoms with E-state index >= 15 is 0 Å². The van der Waals surface area contributed by atoms with Crippen LogP contribution in [-0.4, -0.2) is 24.2 Å². The summed E-state index contributed by atoms with van der Waals surface area (Å²) in [5, 5.41) is 3.18. The molecular formula is C15H22F3NOS. The van der Waals surface area contributed by atoms with E-state index in [1.54, 1.807) is 6.07 Å². The summed E-state index contributed by atoms with van der Waals surface area (Å²) in [6.07, 6.45) is -2.53. The number of rotatable bonds is 6. The van der Waals surface area contributed by atoms with Gasteiger partial charge in [0.15, 0.2) is 0 Å². The lowest BCUT2D eigenvalue weighted by Crippen LogP contribution is -2.35. The first kappa shape index (κ1) is 18.2. The van der Waals surface area contributed by atoms with Crippen LogP contribution in [0.4, 0.5) is 13.2 Å². The Bertz CT molecular complexity index is 455. The van der Waals surface area contributed by atoms with Crippen molar-refractivity contribution in [2.24, 2.45) is 0 Å². The average Bonchev–Trinajstić information content (AvgIpc) is 2.35. The third kappa shape index (κ3) is 6.61. The van der Waals surface area contributed by atoms with Crippen molar-refractivity contribution >= 4 is 11.8 Å². The molecule has 0 fully saturated rings. The van der Waals surface area contributed by atoms with Crippen molar-refractivity contribution in [3.05, 3.63) is 29.3 Å². The van der Waals surface area contributed by atoms with Gasteiger partial charge in [0.1, 0.15) is 5.75 Å². The highest BCUT2D eigenvalue weighted by atomic mass is 32.2. The van der Waals surface area contributed by atoms with Crippen molar-refractivity contribution in [3.8, 4) is 5.75 Å². The molecule has 0 spiro atoms. The highest BCUT2D eigenvalue weighted by Gasteiger charge is 2.34. The Balaban J connectivity index is 2.91. The van der Waals surface area contributed by atoms with Gasteiger partial charge >= 0.3 is 6.18 Å². The minimum absolute atomic E-state index is 0.101. The average molecular weight is 321 g/mol. The van der Waals surface area contributed by atoms with Crippen LogP contribution in [-0.2, 0) is 12.7 Å². The second kappa shape index (κ2) is 7.40. The summed E-state index contributed by atoms with van der Waals surface area (Å²) < 4.78 is 44.6. The first-order valence-electron chi connectivity index (χ1n) is 6.70. The molecule has 0 unspecified atom stereocenters. The van der Waals surface area contributed by atoms with Crippen molar-refractivity contribution < 1.29 is 17.9 Å². The van der Waals surface area contributed by atoms with Crippen LogP contribution in [0.1, 0.15) is 31.9 Å². The molecule has 0 atom stereocenters. The summed E-state index contributed by atoms with van der Waals surface area (Å²) >= 11 is 1.53. The fraction of sp³-hybridized carbons (Fsp3) is 0.600. The molecule has 0 aliphatic carbocycles. The zero-order valence-corrected chi connectivity index (χ0v) is 13.6. The maximum atomic E-state index is 13.1. The van der Waals surface area contributed by atoms with Crippen LogP contribution >= 0.6 is 11.8 Å². The lowest BCUT2D eigenvalue weighted by atomic mass is 10.1. The monoisotopic (exact) mass is 321 g/mol. The summed E-state index contributed by atoms with van der Waals surface area (Å²) in [6.45, 7) is 6.56. The van der Waals surface area contributed by atoms with Gasteiger partial charge < -0.3 is 10.1 Å². The molecular weight excluding hydrogens is 299 g/mol. The van der Waals surface area contributed by atoms with Crippen LogP contribution in [0.3, 0.4) is 0 Å². The lowest BCUT2D eigenvalue weighted by molar-refractivity contribution is -0.138. The normalized spacial score (nSPS) is 12.5. The Kier molecular flexibility index (Phi) is 6.41. The van der Waals surface area contributed by atoms with Crippen molar-refractivity contribution in [3.63, 3.8) is 0 Å². The summed E-state index contributed by atoms with van der Waals surface area (Å²) in [7, 11) is 0. The molecule has 0 bridgehead atoms. The van der Waals surface area contributed by atoms with Crippen LogP contribution in [0, 0.1) is 0 Å². The maximum absolute atomic E-state index is 13.1. The van der Waals surface area contributed by atoms with Gasteiger partial charge in [0.2, 0.25) is 0 Å². The highest BCUT2D eigenvalue weighted by molar-refractivity contribution is 7.98. The minimum atomic E-state index is -4.41. The number of nitrogens with one attached hydrogen (secondary N) is 1. The number of ether oxygens (including phenoxy) is 1. The number of benzene rings is 1. The van der Waals surface area contributed by atoms with Gasteiger partial charge in [0, 0.05) is 17.8 Å². The maximum Gasteiger partial charge on any atom is 0.419 e. The Morgan fingerprint density at radius 1 is 1.19 bits per heavy atom. The minimum Gasteiger partial charge on any atom is -0.492 e. The molecule has 0 saturated carbocycles. The second-order valence-corrected chi connectivity index (χ2v) is 6.76. The van der Waals surface area contributed by atoms with Gasteiger partial charge in [-0.1, -0.05) is 6.07 Å². The quantitative estimate of drug-likeness (QED) is 0.788. The summed E-state index contributed by atoms with van der Waals surface area (Å²) in [4.78, 5) is 0. The molecule has 0 saturated heterocycles. The first-order chi connectivity index (χ1) is 9.63. The SMILES string of the molecule is CSCCOc1ccc(CNC(C)(C)C)cc1C(F)(F)F. The molecule has 1 aromatic carbocycles. The van der Waals surface area contributed by atoms with Gasteiger partial charge in [-0.25, -0.2) is 0 Å². The van der Waals surface area contributed by atoms with E-state index in [0.717, 1.165) is 6.07 Å². The third-order valence-electron chi connectivity index (χ3n) is 2.72. The number of halogens is 3. The van der Waals surface area contributed by atoms with Gasteiger partial charge in [0.25, 0.3) is 0 Å². The summed E-state index contributed by atoms with van der Waals surface area (Å²) in [6, 6.07) is 4.23. The van der Waals surface area contributed by atoms with Gasteiger partial charge in [0.05, 0.1) is 12.2 Å². The van der Waals surface area contributed by atoms with Crippen LogP contribution in [0.2, 0.25) is 0 Å². The van der Waals surface area contributed by atoms with Crippen molar-refractivity contribution in [2.45, 2.75) is 39.0 Å². The van der Waals surface area contributed by atoms with Gasteiger partial charge in [-0.15, -0.1) is 0 Å². The molecule has 21 heavy (non-hydrogen) atoms. The van der Waals surface area contributed by atoms with Crippen molar-refractivity contribution in [2.75, 3.05) is 18.6 Å². The standard InChI is InChI=1S/C15H22F3NOS/c1-14(2,3)19-10-11-5-6-13(20-7-8-21-4)12(9-11)15(16,17)18/h5-6,9,19H,7-8,10H2,1-4H3. The Hall–Kier alpha value is -0.880. The molecule has 0 heterocycles. The molecule has 2 nitrogen and oxygen atoms in total. The van der Waals surface area contributed by atoms with E-state index in [-0.39, 0.29) is 17.9 Å². The van der Waals surface area contributed by atoms with E-state index in [4.69, 9.17) is 4.74 Å². The number of alkyl halides is 3.